The minimum Gasteiger partial charge on any atom is -0.465 e. The van der Waals surface area contributed by atoms with E-state index in [4.69, 9.17) is 15.2 Å². The number of amides is 1. The molecule has 0 aromatic carbocycles. The van der Waals surface area contributed by atoms with Crippen molar-refractivity contribution in [3.05, 3.63) is 0 Å². The van der Waals surface area contributed by atoms with E-state index in [1.165, 1.54) is 11.8 Å². The normalized spacial score (nSPS) is 13.7. The van der Waals surface area contributed by atoms with Gasteiger partial charge in [0.2, 0.25) is 5.91 Å². The fourth-order valence-electron chi connectivity index (χ4n) is 1.21. The van der Waals surface area contributed by atoms with Gasteiger partial charge < -0.3 is 20.5 Å². The second kappa shape index (κ2) is 11.1. The third kappa shape index (κ3) is 8.85. The fraction of sp³-hybridized carbons (Fsp3) is 0.833. The van der Waals surface area contributed by atoms with Gasteiger partial charge in [0.05, 0.1) is 11.9 Å². The first-order chi connectivity index (χ1) is 9.02. The maximum atomic E-state index is 11.7. The average Bonchev–Trinajstić information content (AvgIpc) is 2.40. The topological polar surface area (TPSA) is 90.7 Å². The lowest BCUT2D eigenvalue weighted by atomic mass is 10.4. The Hall–Kier alpha value is -0.790. The number of nitrogens with one attached hydrogen (secondary N) is 1. The van der Waals surface area contributed by atoms with Crippen molar-refractivity contribution in [1.82, 2.24) is 5.32 Å². The molecule has 19 heavy (non-hydrogen) atoms. The van der Waals surface area contributed by atoms with Crippen LogP contribution in [0.25, 0.3) is 0 Å². The fourth-order valence-corrected chi connectivity index (χ4v) is 2.08. The first-order valence-corrected chi connectivity index (χ1v) is 7.38. The zero-order chi connectivity index (χ0) is 14.7. The van der Waals surface area contributed by atoms with Gasteiger partial charge in [-0.3, -0.25) is 9.59 Å². The van der Waals surface area contributed by atoms with Gasteiger partial charge in [0, 0.05) is 26.0 Å². The van der Waals surface area contributed by atoms with Crippen molar-refractivity contribution < 1.29 is 19.1 Å². The van der Waals surface area contributed by atoms with Gasteiger partial charge in [-0.2, -0.15) is 0 Å². The summed E-state index contributed by atoms with van der Waals surface area (Å²) in [6, 6.07) is -0.686. The number of thioether (sulfide) groups is 1. The Morgan fingerprint density at radius 1 is 1.42 bits per heavy atom. The molecule has 0 saturated carbocycles. The van der Waals surface area contributed by atoms with E-state index >= 15 is 0 Å². The van der Waals surface area contributed by atoms with Crippen molar-refractivity contribution in [3.63, 3.8) is 0 Å². The van der Waals surface area contributed by atoms with Crippen LogP contribution in [0.3, 0.4) is 0 Å². The van der Waals surface area contributed by atoms with Crippen molar-refractivity contribution >= 4 is 23.6 Å². The van der Waals surface area contributed by atoms with E-state index in [2.05, 4.69) is 5.32 Å². The molecule has 0 aliphatic heterocycles. The summed E-state index contributed by atoms with van der Waals surface area (Å²) >= 11 is 1.34. The van der Waals surface area contributed by atoms with Gasteiger partial charge in [0.25, 0.3) is 0 Å². The predicted molar refractivity (Wildman–Crippen MR) is 76.0 cm³/mol. The summed E-state index contributed by atoms with van der Waals surface area (Å²) in [5.74, 6) is -0.120. The summed E-state index contributed by atoms with van der Waals surface area (Å²) in [6.45, 7) is 5.03. The summed E-state index contributed by atoms with van der Waals surface area (Å²) in [6.07, 6.45) is 0.780. The molecule has 0 heterocycles. The van der Waals surface area contributed by atoms with Crippen LogP contribution in [0.5, 0.6) is 0 Å². The molecule has 1 amide bonds. The number of hydrogen-bond donors (Lipinski definition) is 2. The van der Waals surface area contributed by atoms with E-state index in [-0.39, 0.29) is 11.2 Å². The Labute approximate surface area is 118 Å². The van der Waals surface area contributed by atoms with Gasteiger partial charge in [-0.1, -0.05) is 0 Å². The molecule has 2 unspecified atom stereocenters. The molecule has 0 aliphatic rings. The number of ether oxygens (including phenoxy) is 2. The van der Waals surface area contributed by atoms with Crippen molar-refractivity contribution in [2.24, 2.45) is 5.73 Å². The molecular weight excluding hydrogens is 268 g/mol. The number of methoxy groups -OCH3 is 1. The zero-order valence-corrected chi connectivity index (χ0v) is 12.6. The number of hydrogen-bond acceptors (Lipinski definition) is 6. The molecule has 2 atom stereocenters. The number of nitrogens with two attached hydrogens (primary N) is 1. The van der Waals surface area contributed by atoms with E-state index in [9.17, 15) is 9.59 Å². The summed E-state index contributed by atoms with van der Waals surface area (Å²) < 4.78 is 9.68. The molecule has 0 bridgehead atoms. The molecule has 3 N–H and O–H groups in total. The minimum atomic E-state index is -0.686. The van der Waals surface area contributed by atoms with Crippen LogP contribution in [-0.4, -0.2) is 55.8 Å². The quantitative estimate of drug-likeness (QED) is 0.440. The van der Waals surface area contributed by atoms with Gasteiger partial charge >= 0.3 is 5.97 Å². The smallest absolute Gasteiger partial charge is 0.323 e. The van der Waals surface area contributed by atoms with Crippen LogP contribution in [0, 0.1) is 0 Å². The van der Waals surface area contributed by atoms with Gasteiger partial charge in [0.15, 0.2) is 0 Å². The summed E-state index contributed by atoms with van der Waals surface area (Å²) in [5.41, 5.74) is 5.65. The first-order valence-electron chi connectivity index (χ1n) is 6.33. The van der Waals surface area contributed by atoms with Crippen molar-refractivity contribution in [2.45, 2.75) is 31.6 Å². The lowest BCUT2D eigenvalue weighted by Crippen LogP contribution is -2.37. The van der Waals surface area contributed by atoms with Crippen molar-refractivity contribution in [1.29, 1.82) is 0 Å². The molecule has 7 heteroatoms. The molecule has 0 fully saturated rings. The summed E-state index contributed by atoms with van der Waals surface area (Å²) in [7, 11) is 1.62. The van der Waals surface area contributed by atoms with Crippen LogP contribution in [0.15, 0.2) is 0 Å². The van der Waals surface area contributed by atoms with Crippen LogP contribution in [0.2, 0.25) is 0 Å². The Morgan fingerprint density at radius 2 is 2.11 bits per heavy atom. The van der Waals surface area contributed by atoms with Crippen molar-refractivity contribution in [3.8, 4) is 0 Å². The highest BCUT2D eigenvalue weighted by Crippen LogP contribution is 2.11. The van der Waals surface area contributed by atoms with E-state index in [0.717, 1.165) is 6.42 Å². The third-order valence-electron chi connectivity index (χ3n) is 2.31. The summed E-state index contributed by atoms with van der Waals surface area (Å²) in [4.78, 5) is 23.0. The second-order valence-corrected chi connectivity index (χ2v) is 5.35. The van der Waals surface area contributed by atoms with Gasteiger partial charge in [-0.25, -0.2) is 0 Å². The molecule has 0 aromatic rings. The number of rotatable bonds is 10. The van der Waals surface area contributed by atoms with Gasteiger partial charge in [0.1, 0.15) is 6.04 Å². The van der Waals surface area contributed by atoms with Crippen molar-refractivity contribution in [2.75, 3.05) is 32.6 Å². The van der Waals surface area contributed by atoms with Crippen LogP contribution in [0.4, 0.5) is 0 Å². The highest BCUT2D eigenvalue weighted by atomic mass is 32.2. The third-order valence-corrected chi connectivity index (χ3v) is 3.57. The molecule has 0 aliphatic carbocycles. The van der Waals surface area contributed by atoms with E-state index in [0.29, 0.717) is 25.5 Å². The molecule has 0 spiro atoms. The largest absolute Gasteiger partial charge is 0.465 e. The highest BCUT2D eigenvalue weighted by Gasteiger charge is 2.19. The van der Waals surface area contributed by atoms with Crippen LogP contribution in [0.1, 0.15) is 20.3 Å². The molecular formula is C12H24N2O4S. The highest BCUT2D eigenvalue weighted by molar-refractivity contribution is 8.00. The Balaban J connectivity index is 3.80. The standard InChI is InChI=1S/C12H24N2O4S/c1-4-18-12(16)10(13)8-19-9(2)11(15)14-6-5-7-17-3/h9-10H,4-8,13H2,1-3H3,(H,14,15). The Morgan fingerprint density at radius 3 is 2.68 bits per heavy atom. The van der Waals surface area contributed by atoms with E-state index < -0.39 is 12.0 Å². The first kappa shape index (κ1) is 18.2. The monoisotopic (exact) mass is 292 g/mol. The van der Waals surface area contributed by atoms with Crippen LogP contribution in [-0.2, 0) is 19.1 Å². The lowest BCUT2D eigenvalue weighted by molar-refractivity contribution is -0.144. The van der Waals surface area contributed by atoms with Crippen LogP contribution >= 0.6 is 11.8 Å². The Kier molecular flexibility index (Phi) is 10.6. The molecule has 0 aromatic heterocycles. The molecule has 6 nitrogen and oxygen atoms in total. The predicted octanol–water partition coefficient (Wildman–Crippen LogP) is 0.151. The SMILES string of the molecule is CCOC(=O)C(N)CSC(C)C(=O)NCCCOC. The molecule has 0 radical (unpaired) electrons. The van der Waals surface area contributed by atoms with E-state index in [1.54, 1.807) is 21.0 Å². The maximum absolute atomic E-state index is 11.7. The van der Waals surface area contributed by atoms with Gasteiger partial charge in [-0.15, -0.1) is 11.8 Å². The van der Waals surface area contributed by atoms with Gasteiger partial charge in [-0.05, 0) is 20.3 Å². The summed E-state index contributed by atoms with van der Waals surface area (Å²) in [5, 5.41) is 2.55. The average molecular weight is 292 g/mol. The van der Waals surface area contributed by atoms with Crippen LogP contribution < -0.4 is 11.1 Å². The lowest BCUT2D eigenvalue weighted by Gasteiger charge is -2.14. The number of carbonyl (C=O) groups is 2. The molecule has 0 saturated heterocycles. The minimum absolute atomic E-state index is 0.0582. The Bertz CT molecular complexity index is 276. The number of esters is 1. The molecule has 0 rings (SSSR count). The zero-order valence-electron chi connectivity index (χ0n) is 11.8. The van der Waals surface area contributed by atoms with E-state index in [1.807, 2.05) is 0 Å². The maximum Gasteiger partial charge on any atom is 0.323 e. The second-order valence-electron chi connectivity index (χ2n) is 3.97. The molecule has 112 valence electrons. The number of carbonyl (C=O) groups excluding carboxylic acids is 2.